The summed E-state index contributed by atoms with van der Waals surface area (Å²) in [6, 6.07) is 9.37. The first-order valence-corrected chi connectivity index (χ1v) is 8.31. The van der Waals surface area contributed by atoms with E-state index in [9.17, 15) is 4.91 Å². The van der Waals surface area contributed by atoms with E-state index in [2.05, 4.69) is 20.3 Å². The Morgan fingerprint density at radius 1 is 1.08 bits per heavy atom. The zero-order valence-corrected chi connectivity index (χ0v) is 14.6. The van der Waals surface area contributed by atoms with Crippen LogP contribution >= 0.6 is 0 Å². The molecule has 26 heavy (non-hydrogen) atoms. The lowest BCUT2D eigenvalue weighted by molar-refractivity contribution is 0.355. The molecule has 1 aromatic heterocycles. The minimum atomic E-state index is 0.453. The van der Waals surface area contributed by atoms with Crippen LogP contribution in [-0.4, -0.2) is 31.0 Å². The molecule has 0 saturated heterocycles. The van der Waals surface area contributed by atoms with Crippen molar-refractivity contribution >= 4 is 22.3 Å². The Kier molecular flexibility index (Phi) is 4.12. The first kappa shape index (κ1) is 16.3. The monoisotopic (exact) mass is 350 g/mol. The van der Waals surface area contributed by atoms with Crippen molar-refractivity contribution < 1.29 is 9.47 Å². The molecule has 1 aliphatic rings. The molecule has 0 aliphatic carbocycles. The zero-order valence-electron chi connectivity index (χ0n) is 14.6. The summed E-state index contributed by atoms with van der Waals surface area (Å²) < 4.78 is 10.8. The molecule has 0 atom stereocenters. The van der Waals surface area contributed by atoms with E-state index >= 15 is 0 Å². The van der Waals surface area contributed by atoms with E-state index in [4.69, 9.17) is 9.47 Å². The van der Waals surface area contributed by atoms with Crippen molar-refractivity contribution in [2.24, 2.45) is 5.18 Å². The number of hydrogen-bond donors (Lipinski definition) is 0. The van der Waals surface area contributed by atoms with Crippen molar-refractivity contribution in [3.63, 3.8) is 0 Å². The summed E-state index contributed by atoms with van der Waals surface area (Å²) in [5.41, 5.74) is 4.54. The van der Waals surface area contributed by atoms with Gasteiger partial charge in [-0.3, -0.25) is 0 Å². The Balaban J connectivity index is 1.78. The zero-order chi connectivity index (χ0) is 18.1. The largest absolute Gasteiger partial charge is 0.493 e. The maximum Gasteiger partial charge on any atom is 0.162 e. The van der Waals surface area contributed by atoms with Crippen LogP contribution in [-0.2, 0) is 13.0 Å². The van der Waals surface area contributed by atoms with Crippen LogP contribution in [0.1, 0.15) is 11.1 Å². The van der Waals surface area contributed by atoms with Crippen molar-refractivity contribution in [2.75, 3.05) is 25.7 Å². The van der Waals surface area contributed by atoms with Gasteiger partial charge in [0.05, 0.1) is 31.6 Å². The van der Waals surface area contributed by atoms with Crippen LogP contribution in [0.5, 0.6) is 11.5 Å². The van der Waals surface area contributed by atoms with Crippen LogP contribution in [0.3, 0.4) is 0 Å². The number of aromatic nitrogens is 2. The molecule has 7 nitrogen and oxygen atoms in total. The molecule has 3 aromatic rings. The minimum absolute atomic E-state index is 0.453. The normalized spacial score (nSPS) is 13.4. The first-order valence-electron chi connectivity index (χ1n) is 8.31. The summed E-state index contributed by atoms with van der Waals surface area (Å²) in [4.78, 5) is 13.1. The van der Waals surface area contributed by atoms with E-state index in [1.807, 2.05) is 24.3 Å². The number of anilines is 1. The van der Waals surface area contributed by atoms with Gasteiger partial charge in [0.2, 0.25) is 0 Å². The van der Waals surface area contributed by atoms with Crippen LogP contribution in [0.2, 0.25) is 0 Å². The van der Waals surface area contributed by atoms with E-state index in [1.165, 1.54) is 5.56 Å². The Morgan fingerprint density at radius 3 is 2.65 bits per heavy atom. The van der Waals surface area contributed by atoms with Gasteiger partial charge in [0.15, 0.2) is 11.5 Å². The fraction of sp³-hybridized carbons (Fsp3) is 0.263. The van der Waals surface area contributed by atoms with Gasteiger partial charge in [0, 0.05) is 24.5 Å². The summed E-state index contributed by atoms with van der Waals surface area (Å²) in [6.07, 6.45) is 2.66. The van der Waals surface area contributed by atoms with Gasteiger partial charge in [0.1, 0.15) is 5.69 Å². The van der Waals surface area contributed by atoms with Gasteiger partial charge in [-0.05, 0) is 40.9 Å². The topological polar surface area (TPSA) is 76.9 Å². The molecular formula is C19H18N4O3. The maximum absolute atomic E-state index is 10.8. The third-order valence-electron chi connectivity index (χ3n) is 4.77. The van der Waals surface area contributed by atoms with E-state index in [0.29, 0.717) is 23.7 Å². The first-order chi connectivity index (χ1) is 12.7. The van der Waals surface area contributed by atoms with E-state index in [1.54, 1.807) is 26.5 Å². The molecular weight excluding hydrogens is 332 g/mol. The number of hydrogen-bond acceptors (Lipinski definition) is 7. The number of nitrogens with zero attached hydrogens (tertiary/aromatic N) is 4. The second kappa shape index (κ2) is 6.59. The lowest BCUT2D eigenvalue weighted by atomic mass is 9.98. The molecule has 0 bridgehead atoms. The number of methoxy groups -OCH3 is 2. The Morgan fingerprint density at radius 2 is 1.88 bits per heavy atom. The van der Waals surface area contributed by atoms with Crippen LogP contribution in [0.15, 0.2) is 41.7 Å². The van der Waals surface area contributed by atoms with Gasteiger partial charge in [0.25, 0.3) is 0 Å². The second-order valence-electron chi connectivity index (χ2n) is 6.17. The quantitative estimate of drug-likeness (QED) is 0.669. The highest BCUT2D eigenvalue weighted by Gasteiger charge is 2.20. The van der Waals surface area contributed by atoms with Crippen molar-refractivity contribution in [2.45, 2.75) is 13.0 Å². The predicted octanol–water partition coefficient (Wildman–Crippen LogP) is 3.61. The predicted molar refractivity (Wildman–Crippen MR) is 99.3 cm³/mol. The van der Waals surface area contributed by atoms with E-state index < -0.39 is 0 Å². The SMILES string of the molecule is COc1cc2nncc(N3CCc4ccc(N=O)cc4C3)c2cc1OC. The molecule has 2 aromatic carbocycles. The fourth-order valence-corrected chi connectivity index (χ4v) is 3.43. The highest BCUT2D eigenvalue weighted by Crippen LogP contribution is 2.36. The lowest BCUT2D eigenvalue weighted by Gasteiger charge is -2.31. The Bertz CT molecular complexity index is 990. The van der Waals surface area contributed by atoms with Crippen molar-refractivity contribution in [1.29, 1.82) is 0 Å². The molecule has 0 spiro atoms. The number of fused-ring (bicyclic) bond motifs is 2. The van der Waals surface area contributed by atoms with E-state index in [-0.39, 0.29) is 0 Å². The van der Waals surface area contributed by atoms with Crippen LogP contribution in [0, 0.1) is 4.91 Å². The van der Waals surface area contributed by atoms with Gasteiger partial charge in [-0.1, -0.05) is 6.07 Å². The molecule has 132 valence electrons. The highest BCUT2D eigenvalue weighted by atomic mass is 16.5. The average molecular weight is 350 g/mol. The van der Waals surface area contributed by atoms with Gasteiger partial charge in [-0.2, -0.15) is 10.2 Å². The Labute approximate surface area is 150 Å². The van der Waals surface area contributed by atoms with Crippen molar-refractivity contribution in [1.82, 2.24) is 10.2 Å². The number of nitroso groups, excluding NO2 is 1. The molecule has 0 saturated carbocycles. The smallest absolute Gasteiger partial charge is 0.162 e. The average Bonchev–Trinajstić information content (AvgIpc) is 2.71. The van der Waals surface area contributed by atoms with Gasteiger partial charge < -0.3 is 14.4 Å². The third-order valence-corrected chi connectivity index (χ3v) is 4.77. The van der Waals surface area contributed by atoms with Crippen LogP contribution in [0.25, 0.3) is 10.9 Å². The Hall–Kier alpha value is -3.22. The molecule has 4 rings (SSSR count). The third kappa shape index (κ3) is 2.71. The molecule has 0 unspecified atom stereocenters. The standard InChI is InChI=1S/C19H18N4O3/c1-25-18-8-15-16(9-19(18)26-2)21-20-10-17(15)23-6-5-12-3-4-14(22-24)7-13(12)11-23/h3-4,7-10H,5-6,11H2,1-2H3. The van der Waals surface area contributed by atoms with Crippen LogP contribution < -0.4 is 14.4 Å². The molecule has 0 N–H and O–H groups in total. The number of rotatable bonds is 4. The number of benzene rings is 2. The summed E-state index contributed by atoms with van der Waals surface area (Å²) in [7, 11) is 3.21. The molecule has 2 heterocycles. The maximum atomic E-state index is 10.8. The van der Waals surface area contributed by atoms with E-state index in [0.717, 1.165) is 35.1 Å². The molecule has 0 fully saturated rings. The fourth-order valence-electron chi connectivity index (χ4n) is 3.43. The van der Waals surface area contributed by atoms with Gasteiger partial charge in [-0.25, -0.2) is 0 Å². The van der Waals surface area contributed by atoms with Gasteiger partial charge >= 0.3 is 0 Å². The summed E-state index contributed by atoms with van der Waals surface area (Å²) >= 11 is 0. The molecule has 0 radical (unpaired) electrons. The summed E-state index contributed by atoms with van der Waals surface area (Å²) in [6.45, 7) is 1.55. The van der Waals surface area contributed by atoms with Crippen LogP contribution in [0.4, 0.5) is 11.4 Å². The molecule has 0 amide bonds. The summed E-state index contributed by atoms with van der Waals surface area (Å²) in [5.74, 6) is 1.27. The van der Waals surface area contributed by atoms with Gasteiger partial charge in [-0.15, -0.1) is 4.91 Å². The number of ether oxygens (including phenoxy) is 2. The second-order valence-corrected chi connectivity index (χ2v) is 6.17. The lowest BCUT2D eigenvalue weighted by Crippen LogP contribution is -2.30. The molecule has 1 aliphatic heterocycles. The highest BCUT2D eigenvalue weighted by molar-refractivity contribution is 5.93. The minimum Gasteiger partial charge on any atom is -0.493 e. The molecule has 7 heteroatoms. The van der Waals surface area contributed by atoms with Crippen molar-refractivity contribution in [3.8, 4) is 11.5 Å². The van der Waals surface area contributed by atoms with Crippen molar-refractivity contribution in [3.05, 3.63) is 52.6 Å². The summed E-state index contributed by atoms with van der Waals surface area (Å²) in [5, 5.41) is 12.4.